The summed E-state index contributed by atoms with van der Waals surface area (Å²) in [5, 5.41) is 3.05. The van der Waals surface area contributed by atoms with Crippen molar-refractivity contribution < 1.29 is 4.79 Å². The molecule has 0 spiro atoms. The lowest BCUT2D eigenvalue weighted by molar-refractivity contribution is 0.0909. The van der Waals surface area contributed by atoms with E-state index in [0.29, 0.717) is 5.92 Å². The first-order valence-electron chi connectivity index (χ1n) is 7.62. The van der Waals surface area contributed by atoms with E-state index in [-0.39, 0.29) is 22.9 Å². The Morgan fingerprint density at radius 3 is 2.70 bits per heavy atom. The first-order chi connectivity index (χ1) is 9.61. The smallest absolute Gasteiger partial charge is 0.256 e. The maximum atomic E-state index is 12.3. The second-order valence-electron chi connectivity index (χ2n) is 5.78. The highest BCUT2D eigenvalue weighted by molar-refractivity contribution is 5.94. The summed E-state index contributed by atoms with van der Waals surface area (Å²) >= 11 is 0. The van der Waals surface area contributed by atoms with Crippen molar-refractivity contribution in [3.05, 3.63) is 33.7 Å². The molecule has 1 saturated carbocycles. The molecule has 0 aromatic carbocycles. The molecule has 110 valence electrons. The normalized spacial score (nSPS) is 17.7. The Kier molecular flexibility index (Phi) is 4.99. The minimum Gasteiger partial charge on any atom is -0.364 e. The van der Waals surface area contributed by atoms with Crippen LogP contribution in [0.4, 0.5) is 0 Å². The highest BCUT2D eigenvalue weighted by atomic mass is 16.2. The molecule has 1 aromatic heterocycles. The molecule has 4 heteroatoms. The topological polar surface area (TPSA) is 62.0 Å². The quantitative estimate of drug-likeness (QED) is 0.888. The number of carbonyl (C=O) groups is 1. The average molecular weight is 276 g/mol. The summed E-state index contributed by atoms with van der Waals surface area (Å²) in [6, 6.07) is 1.65. The molecule has 2 rings (SSSR count). The Morgan fingerprint density at radius 2 is 2.10 bits per heavy atom. The molecule has 1 aromatic rings. The van der Waals surface area contributed by atoms with Crippen molar-refractivity contribution in [3.63, 3.8) is 0 Å². The van der Waals surface area contributed by atoms with E-state index in [2.05, 4.69) is 17.2 Å². The molecule has 0 saturated heterocycles. The molecule has 1 heterocycles. The molecule has 0 radical (unpaired) electrons. The first-order valence-corrected chi connectivity index (χ1v) is 7.62. The second kappa shape index (κ2) is 6.73. The zero-order valence-electron chi connectivity index (χ0n) is 12.4. The van der Waals surface area contributed by atoms with Crippen molar-refractivity contribution in [3.8, 4) is 0 Å². The number of aromatic amines is 1. The second-order valence-corrected chi connectivity index (χ2v) is 5.78. The third kappa shape index (κ3) is 3.50. The predicted molar refractivity (Wildman–Crippen MR) is 79.9 cm³/mol. The number of pyridine rings is 1. The zero-order chi connectivity index (χ0) is 14.5. The van der Waals surface area contributed by atoms with Crippen LogP contribution in [0, 0.1) is 12.8 Å². The zero-order valence-corrected chi connectivity index (χ0v) is 12.4. The Hall–Kier alpha value is -1.58. The average Bonchev–Trinajstić information content (AvgIpc) is 2.45. The van der Waals surface area contributed by atoms with E-state index in [4.69, 9.17) is 0 Å². The van der Waals surface area contributed by atoms with Gasteiger partial charge in [0.1, 0.15) is 5.56 Å². The molecule has 1 atom stereocenters. The van der Waals surface area contributed by atoms with E-state index in [1.54, 1.807) is 6.92 Å². The number of hydrogen-bond donors (Lipinski definition) is 2. The van der Waals surface area contributed by atoms with Crippen LogP contribution in [0.2, 0.25) is 0 Å². The van der Waals surface area contributed by atoms with Crippen LogP contribution in [-0.4, -0.2) is 16.9 Å². The number of rotatable bonds is 4. The minimum atomic E-state index is -0.247. The third-order valence-electron chi connectivity index (χ3n) is 4.28. The number of hydrogen-bond acceptors (Lipinski definition) is 2. The van der Waals surface area contributed by atoms with Crippen LogP contribution < -0.4 is 10.7 Å². The Bertz CT molecular complexity index is 515. The largest absolute Gasteiger partial charge is 0.364 e. The maximum Gasteiger partial charge on any atom is 0.256 e. The monoisotopic (exact) mass is 276 g/mol. The lowest BCUT2D eigenvalue weighted by atomic mass is 9.83. The highest BCUT2D eigenvalue weighted by Gasteiger charge is 2.24. The van der Waals surface area contributed by atoms with Crippen molar-refractivity contribution in [2.24, 2.45) is 5.92 Å². The fourth-order valence-electron chi connectivity index (χ4n) is 3.09. The molecule has 0 aliphatic heterocycles. The van der Waals surface area contributed by atoms with Crippen molar-refractivity contribution in [2.45, 2.75) is 58.4 Å². The van der Waals surface area contributed by atoms with Crippen LogP contribution in [0.5, 0.6) is 0 Å². The fourth-order valence-corrected chi connectivity index (χ4v) is 3.09. The highest BCUT2D eigenvalue weighted by Crippen LogP contribution is 2.27. The summed E-state index contributed by atoms with van der Waals surface area (Å²) in [5.41, 5.74) is 0.771. The predicted octanol–water partition coefficient (Wildman–Crippen LogP) is 2.77. The summed E-state index contributed by atoms with van der Waals surface area (Å²) in [4.78, 5) is 27.0. The molecule has 1 aliphatic carbocycles. The first kappa shape index (κ1) is 14.8. The Balaban J connectivity index is 2.06. The van der Waals surface area contributed by atoms with Gasteiger partial charge in [-0.25, -0.2) is 0 Å². The van der Waals surface area contributed by atoms with Gasteiger partial charge in [0.05, 0.1) is 0 Å². The molecule has 20 heavy (non-hydrogen) atoms. The minimum absolute atomic E-state index is 0.184. The van der Waals surface area contributed by atoms with Crippen LogP contribution in [0.1, 0.15) is 61.5 Å². The summed E-state index contributed by atoms with van der Waals surface area (Å²) in [5.74, 6) is 0.311. The molecule has 1 aliphatic rings. The lowest BCUT2D eigenvalue weighted by Crippen LogP contribution is -2.42. The van der Waals surface area contributed by atoms with Gasteiger partial charge < -0.3 is 10.3 Å². The van der Waals surface area contributed by atoms with Gasteiger partial charge >= 0.3 is 0 Å². The van der Waals surface area contributed by atoms with Gasteiger partial charge in [-0.05, 0) is 32.1 Å². The third-order valence-corrected chi connectivity index (χ3v) is 4.28. The van der Waals surface area contributed by atoms with Crippen LogP contribution in [0.25, 0.3) is 0 Å². The molecular weight excluding hydrogens is 252 g/mol. The van der Waals surface area contributed by atoms with Crippen molar-refractivity contribution >= 4 is 5.91 Å². The summed E-state index contributed by atoms with van der Waals surface area (Å²) in [7, 11) is 0. The van der Waals surface area contributed by atoms with Crippen LogP contribution in [0.15, 0.2) is 17.1 Å². The fraction of sp³-hybridized carbons (Fsp3) is 0.625. The lowest BCUT2D eigenvalue weighted by Gasteiger charge is -2.30. The van der Waals surface area contributed by atoms with Crippen LogP contribution in [0.3, 0.4) is 0 Å². The summed E-state index contributed by atoms with van der Waals surface area (Å²) in [6.45, 7) is 3.90. The van der Waals surface area contributed by atoms with E-state index in [9.17, 15) is 9.59 Å². The molecule has 1 fully saturated rings. The molecule has 0 bridgehead atoms. The Labute approximate surface area is 120 Å². The number of aryl methyl sites for hydroxylation is 1. The molecule has 1 amide bonds. The maximum absolute atomic E-state index is 12.3. The van der Waals surface area contributed by atoms with Crippen molar-refractivity contribution in [2.75, 3.05) is 0 Å². The van der Waals surface area contributed by atoms with Crippen LogP contribution in [-0.2, 0) is 0 Å². The van der Waals surface area contributed by atoms with Gasteiger partial charge in [0.15, 0.2) is 5.43 Å². The van der Waals surface area contributed by atoms with Gasteiger partial charge in [-0.15, -0.1) is 0 Å². The van der Waals surface area contributed by atoms with Gasteiger partial charge in [-0.1, -0.05) is 26.2 Å². The number of carbonyl (C=O) groups excluding carboxylic acids is 1. The van der Waals surface area contributed by atoms with E-state index >= 15 is 0 Å². The summed E-state index contributed by atoms with van der Waals surface area (Å²) in [6.07, 6.45) is 8.61. The molecular formula is C16H24N2O2. The van der Waals surface area contributed by atoms with Gasteiger partial charge in [0.25, 0.3) is 5.91 Å². The number of amides is 1. The van der Waals surface area contributed by atoms with Gasteiger partial charge in [-0.3, -0.25) is 9.59 Å². The SMILES string of the molecule is CCC(NC(=O)c1c[nH]c(C)cc1=O)C1CCCCC1. The molecule has 1 unspecified atom stereocenters. The van der Waals surface area contributed by atoms with Crippen LogP contribution >= 0.6 is 0 Å². The van der Waals surface area contributed by atoms with Gasteiger partial charge in [-0.2, -0.15) is 0 Å². The number of nitrogens with one attached hydrogen (secondary N) is 2. The van der Waals surface area contributed by atoms with Gasteiger partial charge in [0, 0.05) is 24.0 Å². The molecule has 2 N–H and O–H groups in total. The number of aromatic nitrogens is 1. The van der Waals surface area contributed by atoms with Crippen molar-refractivity contribution in [1.29, 1.82) is 0 Å². The van der Waals surface area contributed by atoms with Crippen molar-refractivity contribution in [1.82, 2.24) is 10.3 Å². The Morgan fingerprint density at radius 1 is 1.40 bits per heavy atom. The standard InChI is InChI=1S/C16H24N2O2/c1-3-14(12-7-5-4-6-8-12)18-16(20)13-10-17-11(2)9-15(13)19/h9-10,12,14H,3-8H2,1-2H3,(H,17,19)(H,18,20). The summed E-state index contributed by atoms with van der Waals surface area (Å²) < 4.78 is 0. The molecule has 4 nitrogen and oxygen atoms in total. The number of H-pyrrole nitrogens is 1. The van der Waals surface area contributed by atoms with E-state index in [0.717, 1.165) is 12.1 Å². The van der Waals surface area contributed by atoms with E-state index in [1.165, 1.54) is 44.4 Å². The van der Waals surface area contributed by atoms with Gasteiger partial charge in [0.2, 0.25) is 0 Å². The van der Waals surface area contributed by atoms with E-state index < -0.39 is 0 Å². The van der Waals surface area contributed by atoms with E-state index in [1.807, 2.05) is 0 Å².